The van der Waals surface area contributed by atoms with Crippen LogP contribution < -0.4 is 16.4 Å². The maximum absolute atomic E-state index is 13.1. The number of nitrogens with one attached hydrogen (secondary N) is 2. The van der Waals surface area contributed by atoms with Crippen molar-refractivity contribution in [3.05, 3.63) is 0 Å². The third-order valence-electron chi connectivity index (χ3n) is 4.79. The molecule has 3 amide bonds. The topological polar surface area (TPSA) is 216 Å². The van der Waals surface area contributed by atoms with Crippen molar-refractivity contribution in [2.45, 2.75) is 56.3 Å². The zero-order valence-electron chi connectivity index (χ0n) is 17.5. The molecule has 32 heavy (non-hydrogen) atoms. The number of thioether (sulfide) groups is 1. The number of carboxylic acid groups (broad SMARTS) is 3. The van der Waals surface area contributed by atoms with Gasteiger partial charge in [-0.25, -0.2) is 4.79 Å². The average molecular weight is 477 g/mol. The Bertz CT molecular complexity index is 748. The minimum atomic E-state index is -1.65. The first kappa shape index (κ1) is 27.2. The highest BCUT2D eigenvalue weighted by atomic mass is 32.2. The highest BCUT2D eigenvalue weighted by Crippen LogP contribution is 2.20. The molecule has 13 nitrogen and oxygen atoms in total. The van der Waals surface area contributed by atoms with Gasteiger partial charge in [-0.2, -0.15) is 11.8 Å². The van der Waals surface area contributed by atoms with Gasteiger partial charge in [-0.1, -0.05) is 0 Å². The molecule has 0 spiro atoms. The van der Waals surface area contributed by atoms with Crippen molar-refractivity contribution < 1.29 is 44.1 Å². The van der Waals surface area contributed by atoms with E-state index >= 15 is 0 Å². The number of nitrogens with two attached hydrogens (primary N) is 1. The van der Waals surface area contributed by atoms with Gasteiger partial charge in [0.05, 0.1) is 18.9 Å². The van der Waals surface area contributed by atoms with Gasteiger partial charge in [0.15, 0.2) is 0 Å². The van der Waals surface area contributed by atoms with Crippen LogP contribution in [0, 0.1) is 0 Å². The Balaban J connectivity index is 2.94. The van der Waals surface area contributed by atoms with Crippen molar-refractivity contribution >= 4 is 47.4 Å². The van der Waals surface area contributed by atoms with Gasteiger partial charge in [0.2, 0.25) is 17.7 Å². The van der Waals surface area contributed by atoms with Crippen LogP contribution in [-0.2, 0) is 28.8 Å². The molecule has 0 aromatic rings. The van der Waals surface area contributed by atoms with Crippen LogP contribution in [0.15, 0.2) is 0 Å². The zero-order chi connectivity index (χ0) is 24.4. The fourth-order valence-corrected chi connectivity index (χ4v) is 3.67. The zero-order valence-corrected chi connectivity index (χ0v) is 18.3. The summed E-state index contributed by atoms with van der Waals surface area (Å²) in [6.07, 6.45) is 1.23. The molecule has 1 aliphatic rings. The predicted octanol–water partition coefficient (Wildman–Crippen LogP) is -1.94. The van der Waals surface area contributed by atoms with E-state index in [1.807, 2.05) is 0 Å². The van der Waals surface area contributed by atoms with Crippen LogP contribution in [0.5, 0.6) is 0 Å². The van der Waals surface area contributed by atoms with Crippen molar-refractivity contribution in [1.82, 2.24) is 15.5 Å². The molecule has 1 aliphatic heterocycles. The lowest BCUT2D eigenvalue weighted by atomic mass is 10.1. The Morgan fingerprint density at radius 2 is 1.66 bits per heavy atom. The van der Waals surface area contributed by atoms with Gasteiger partial charge >= 0.3 is 17.9 Å². The summed E-state index contributed by atoms with van der Waals surface area (Å²) in [4.78, 5) is 72.0. The van der Waals surface area contributed by atoms with Gasteiger partial charge in [0, 0.05) is 6.54 Å². The molecular formula is C18H28N4O9S. The summed E-state index contributed by atoms with van der Waals surface area (Å²) in [5.41, 5.74) is 5.56. The third kappa shape index (κ3) is 8.34. The first-order valence-electron chi connectivity index (χ1n) is 9.80. The normalized spacial score (nSPS) is 18.3. The fraction of sp³-hybridized carbons (Fsp3) is 0.667. The van der Waals surface area contributed by atoms with Crippen LogP contribution in [0.2, 0.25) is 0 Å². The summed E-state index contributed by atoms with van der Waals surface area (Å²) < 4.78 is 0. The standard InChI is InChI=1S/C18H28N4O9S/c1-32-6-4-10(20-15(27)9(19)7-13(23)24)17(29)22-5-2-3-12(22)16(28)21-11(18(30)31)8-14(25)26/h9-12H,2-8,19H2,1H3,(H,20,27)(H,21,28)(H,23,24)(H,25,26)(H,30,31). The fourth-order valence-electron chi connectivity index (χ4n) is 3.20. The summed E-state index contributed by atoms with van der Waals surface area (Å²) in [7, 11) is 0. The summed E-state index contributed by atoms with van der Waals surface area (Å²) in [5, 5.41) is 31.3. The number of aliphatic carboxylic acids is 3. The summed E-state index contributed by atoms with van der Waals surface area (Å²) in [6.45, 7) is 0.181. The molecule has 4 atom stereocenters. The van der Waals surface area contributed by atoms with Crippen molar-refractivity contribution in [1.29, 1.82) is 0 Å². The lowest BCUT2D eigenvalue weighted by Crippen LogP contribution is -2.57. The molecule has 0 aromatic heterocycles. The van der Waals surface area contributed by atoms with Gasteiger partial charge in [-0.3, -0.25) is 24.0 Å². The smallest absolute Gasteiger partial charge is 0.326 e. The van der Waals surface area contributed by atoms with Gasteiger partial charge in [-0.15, -0.1) is 0 Å². The minimum absolute atomic E-state index is 0.181. The van der Waals surface area contributed by atoms with Crippen molar-refractivity contribution in [3.63, 3.8) is 0 Å². The van der Waals surface area contributed by atoms with Crippen LogP contribution in [0.25, 0.3) is 0 Å². The summed E-state index contributed by atoms with van der Waals surface area (Å²) in [6, 6.07) is -5.10. The SMILES string of the molecule is CSCCC(NC(=O)C(N)CC(=O)O)C(=O)N1CCCC1C(=O)NC(CC(=O)O)C(=O)O. The Morgan fingerprint density at radius 3 is 2.19 bits per heavy atom. The maximum atomic E-state index is 13.1. The number of hydrogen-bond donors (Lipinski definition) is 6. The molecule has 0 aromatic carbocycles. The number of amides is 3. The Kier molecular flexibility index (Phi) is 10.9. The number of rotatable bonds is 13. The quantitative estimate of drug-likeness (QED) is 0.172. The van der Waals surface area contributed by atoms with E-state index in [1.165, 1.54) is 16.7 Å². The van der Waals surface area contributed by atoms with E-state index in [0.717, 1.165) is 0 Å². The van der Waals surface area contributed by atoms with Crippen LogP contribution in [0.1, 0.15) is 32.1 Å². The second kappa shape index (κ2) is 12.9. The second-order valence-corrected chi connectivity index (χ2v) is 8.22. The number of hydrogen-bond acceptors (Lipinski definition) is 8. The average Bonchev–Trinajstić information content (AvgIpc) is 3.18. The van der Waals surface area contributed by atoms with Gasteiger partial charge < -0.3 is 36.6 Å². The van der Waals surface area contributed by atoms with Crippen molar-refractivity contribution in [3.8, 4) is 0 Å². The molecule has 1 rings (SSSR count). The van der Waals surface area contributed by atoms with Crippen LogP contribution in [0.3, 0.4) is 0 Å². The summed E-state index contributed by atoms with van der Waals surface area (Å²) >= 11 is 1.41. The molecule has 1 saturated heterocycles. The van der Waals surface area contributed by atoms with Crippen molar-refractivity contribution in [2.24, 2.45) is 5.73 Å². The van der Waals surface area contributed by atoms with E-state index in [2.05, 4.69) is 10.6 Å². The maximum Gasteiger partial charge on any atom is 0.326 e. The number of likely N-dealkylation sites (tertiary alicyclic amines) is 1. The third-order valence-corrected chi connectivity index (χ3v) is 5.43. The molecule has 14 heteroatoms. The first-order valence-corrected chi connectivity index (χ1v) is 11.2. The van der Waals surface area contributed by atoms with E-state index in [9.17, 15) is 28.8 Å². The number of nitrogens with zero attached hydrogens (tertiary/aromatic N) is 1. The highest BCUT2D eigenvalue weighted by Gasteiger charge is 2.39. The van der Waals surface area contributed by atoms with Gasteiger partial charge in [0.25, 0.3) is 0 Å². The van der Waals surface area contributed by atoms with E-state index in [4.69, 9.17) is 21.1 Å². The van der Waals surface area contributed by atoms with Crippen LogP contribution >= 0.6 is 11.8 Å². The second-order valence-electron chi connectivity index (χ2n) is 7.23. The minimum Gasteiger partial charge on any atom is -0.481 e. The molecule has 1 fully saturated rings. The number of carbonyl (C=O) groups excluding carboxylic acids is 3. The monoisotopic (exact) mass is 476 g/mol. The van der Waals surface area contributed by atoms with Crippen molar-refractivity contribution in [2.75, 3.05) is 18.6 Å². The number of carbonyl (C=O) groups is 6. The Hall–Kier alpha value is -2.87. The predicted molar refractivity (Wildman–Crippen MR) is 112 cm³/mol. The molecule has 7 N–H and O–H groups in total. The Morgan fingerprint density at radius 1 is 1.03 bits per heavy atom. The highest BCUT2D eigenvalue weighted by molar-refractivity contribution is 7.98. The molecule has 1 heterocycles. The summed E-state index contributed by atoms with van der Waals surface area (Å²) in [5.74, 6) is -5.93. The van der Waals surface area contributed by atoms with E-state index in [0.29, 0.717) is 12.2 Å². The van der Waals surface area contributed by atoms with E-state index in [1.54, 1.807) is 6.26 Å². The lowest BCUT2D eigenvalue weighted by Gasteiger charge is -2.29. The molecule has 0 bridgehead atoms. The molecule has 4 unspecified atom stereocenters. The van der Waals surface area contributed by atoms with Crippen LogP contribution in [-0.4, -0.2) is 98.6 Å². The lowest BCUT2D eigenvalue weighted by molar-refractivity contribution is -0.148. The van der Waals surface area contributed by atoms with Gasteiger partial charge in [-0.05, 0) is 31.3 Å². The molecule has 0 saturated carbocycles. The largest absolute Gasteiger partial charge is 0.481 e. The van der Waals surface area contributed by atoms with Gasteiger partial charge in [0.1, 0.15) is 18.1 Å². The molecular weight excluding hydrogens is 448 g/mol. The molecule has 180 valence electrons. The molecule has 0 radical (unpaired) electrons. The molecule has 0 aliphatic carbocycles. The Labute approximate surface area is 188 Å². The van der Waals surface area contributed by atoms with E-state index < -0.39 is 72.6 Å². The van der Waals surface area contributed by atoms with E-state index in [-0.39, 0.29) is 19.4 Å². The number of carboxylic acids is 3. The van der Waals surface area contributed by atoms with Crippen LogP contribution in [0.4, 0.5) is 0 Å². The first-order chi connectivity index (χ1) is 15.0.